The van der Waals surface area contributed by atoms with E-state index in [1.807, 2.05) is 13.8 Å². The lowest BCUT2D eigenvalue weighted by Crippen LogP contribution is -2.13. The molecule has 1 aliphatic carbocycles. The Morgan fingerprint density at radius 3 is 2.61 bits per heavy atom. The zero-order chi connectivity index (χ0) is 13.7. The smallest absolute Gasteiger partial charge is 0.387 e. The summed E-state index contributed by atoms with van der Waals surface area (Å²) in [5.74, 6) is -0.769. The number of hydrogen-bond acceptors (Lipinski definition) is 3. The molecule has 4 nitrogen and oxygen atoms in total. The first-order valence-corrected chi connectivity index (χ1v) is 5.64. The first kappa shape index (κ1) is 14.5. The van der Waals surface area contributed by atoms with E-state index in [1.165, 1.54) is 6.08 Å². The van der Waals surface area contributed by atoms with Gasteiger partial charge in [0, 0.05) is 12.0 Å². The van der Waals surface area contributed by atoms with Crippen LogP contribution in [-0.2, 0) is 14.3 Å². The van der Waals surface area contributed by atoms with Gasteiger partial charge in [-0.05, 0) is 18.4 Å². The van der Waals surface area contributed by atoms with Crippen LogP contribution < -0.4 is 0 Å². The second kappa shape index (κ2) is 6.37. The van der Waals surface area contributed by atoms with Crippen LogP contribution in [0.1, 0.15) is 26.7 Å². The summed E-state index contributed by atoms with van der Waals surface area (Å²) in [6.45, 7) is 1.18. The number of carboxylic acid groups (broad SMARTS) is 1. The van der Waals surface area contributed by atoms with Crippen molar-refractivity contribution in [2.24, 2.45) is 5.92 Å². The standard InChI is InChI=1S/C12H16F2O4/c1-7(2)6-17-10-5-8(11(15)16)3-4-9(10)18-12(13)14/h5,7,12H,3-4,6H2,1-2H3,(H,15,16). The van der Waals surface area contributed by atoms with Crippen molar-refractivity contribution in [3.8, 4) is 0 Å². The molecule has 0 bridgehead atoms. The van der Waals surface area contributed by atoms with Crippen molar-refractivity contribution in [1.29, 1.82) is 0 Å². The summed E-state index contributed by atoms with van der Waals surface area (Å²) < 4.78 is 34.1. The maximum absolute atomic E-state index is 12.2. The van der Waals surface area contributed by atoms with E-state index in [0.717, 1.165) is 0 Å². The molecule has 0 fully saturated rings. The van der Waals surface area contributed by atoms with Gasteiger partial charge in [-0.15, -0.1) is 0 Å². The zero-order valence-electron chi connectivity index (χ0n) is 10.3. The average molecular weight is 262 g/mol. The number of allylic oxidation sites excluding steroid dienone is 2. The van der Waals surface area contributed by atoms with Crippen LogP contribution in [0, 0.1) is 5.92 Å². The minimum absolute atomic E-state index is 0.00986. The van der Waals surface area contributed by atoms with E-state index < -0.39 is 12.6 Å². The van der Waals surface area contributed by atoms with E-state index in [0.29, 0.717) is 6.61 Å². The molecule has 0 unspecified atom stereocenters. The van der Waals surface area contributed by atoms with E-state index in [-0.39, 0.29) is 35.9 Å². The SMILES string of the molecule is CC(C)COC1=C(OC(F)F)CCC(C(=O)O)=C1. The Balaban J connectivity index is 2.87. The molecule has 6 heteroatoms. The van der Waals surface area contributed by atoms with Crippen molar-refractivity contribution in [3.63, 3.8) is 0 Å². The summed E-state index contributed by atoms with van der Waals surface area (Å²) in [4.78, 5) is 10.8. The van der Waals surface area contributed by atoms with E-state index in [2.05, 4.69) is 4.74 Å². The summed E-state index contributed by atoms with van der Waals surface area (Å²) >= 11 is 0. The topological polar surface area (TPSA) is 55.8 Å². The Hall–Kier alpha value is -1.59. The molecule has 102 valence electrons. The van der Waals surface area contributed by atoms with Crippen LogP contribution in [0.2, 0.25) is 0 Å². The molecule has 18 heavy (non-hydrogen) atoms. The second-order valence-electron chi connectivity index (χ2n) is 4.35. The molecule has 0 heterocycles. The Kier molecular flexibility index (Phi) is 5.12. The number of ether oxygens (including phenoxy) is 2. The van der Waals surface area contributed by atoms with Gasteiger partial charge in [0.1, 0.15) is 5.76 Å². The maximum atomic E-state index is 12.2. The van der Waals surface area contributed by atoms with E-state index in [1.54, 1.807) is 0 Å². The number of rotatable bonds is 6. The fourth-order valence-corrected chi connectivity index (χ4v) is 1.45. The van der Waals surface area contributed by atoms with Crippen LogP contribution in [0.25, 0.3) is 0 Å². The molecule has 1 N–H and O–H groups in total. The molecule has 0 aromatic rings. The van der Waals surface area contributed by atoms with Crippen LogP contribution in [-0.4, -0.2) is 24.3 Å². The first-order chi connectivity index (χ1) is 8.40. The summed E-state index contributed by atoms with van der Waals surface area (Å²) in [6.07, 6.45) is 1.52. The Morgan fingerprint density at radius 1 is 1.44 bits per heavy atom. The van der Waals surface area contributed by atoms with Crippen molar-refractivity contribution in [3.05, 3.63) is 23.2 Å². The maximum Gasteiger partial charge on any atom is 0.387 e. The number of hydrogen-bond donors (Lipinski definition) is 1. The van der Waals surface area contributed by atoms with Gasteiger partial charge in [-0.1, -0.05) is 13.8 Å². The lowest BCUT2D eigenvalue weighted by atomic mass is 10.0. The summed E-state index contributed by atoms with van der Waals surface area (Å²) in [6, 6.07) is 0. The van der Waals surface area contributed by atoms with Gasteiger partial charge in [-0.25, -0.2) is 4.79 Å². The highest BCUT2D eigenvalue weighted by molar-refractivity contribution is 5.87. The molecule has 1 aliphatic rings. The molecule has 0 aromatic heterocycles. The van der Waals surface area contributed by atoms with Crippen molar-refractivity contribution >= 4 is 5.97 Å². The minimum atomic E-state index is -2.93. The molecule has 0 aromatic carbocycles. The van der Waals surface area contributed by atoms with Gasteiger partial charge >= 0.3 is 12.6 Å². The highest BCUT2D eigenvalue weighted by Gasteiger charge is 2.22. The normalized spacial score (nSPS) is 16.0. The monoisotopic (exact) mass is 262 g/mol. The third-order valence-electron chi connectivity index (χ3n) is 2.28. The molecule has 0 saturated heterocycles. The molecule has 1 rings (SSSR count). The molecule has 0 aliphatic heterocycles. The van der Waals surface area contributed by atoms with Crippen LogP contribution in [0.4, 0.5) is 8.78 Å². The van der Waals surface area contributed by atoms with Crippen LogP contribution in [0.3, 0.4) is 0 Å². The van der Waals surface area contributed by atoms with Crippen LogP contribution >= 0.6 is 0 Å². The van der Waals surface area contributed by atoms with E-state index in [4.69, 9.17) is 9.84 Å². The number of halogens is 2. The second-order valence-corrected chi connectivity index (χ2v) is 4.35. The van der Waals surface area contributed by atoms with Gasteiger partial charge in [-0.2, -0.15) is 8.78 Å². The number of aliphatic carboxylic acids is 1. The summed E-state index contributed by atoms with van der Waals surface area (Å²) in [5.41, 5.74) is 0.135. The molecule has 0 saturated carbocycles. The quantitative estimate of drug-likeness (QED) is 0.799. The van der Waals surface area contributed by atoms with Crippen molar-refractivity contribution in [2.45, 2.75) is 33.3 Å². The third kappa shape index (κ3) is 4.35. The molecular weight excluding hydrogens is 246 g/mol. The van der Waals surface area contributed by atoms with Crippen molar-refractivity contribution in [1.82, 2.24) is 0 Å². The van der Waals surface area contributed by atoms with E-state index >= 15 is 0 Å². The molecule has 0 atom stereocenters. The van der Waals surface area contributed by atoms with E-state index in [9.17, 15) is 13.6 Å². The van der Waals surface area contributed by atoms with Crippen molar-refractivity contribution in [2.75, 3.05) is 6.61 Å². The molecule has 0 radical (unpaired) electrons. The number of alkyl halides is 2. The van der Waals surface area contributed by atoms with Crippen molar-refractivity contribution < 1.29 is 28.2 Å². The zero-order valence-corrected chi connectivity index (χ0v) is 10.3. The first-order valence-electron chi connectivity index (χ1n) is 5.64. The Bertz CT molecular complexity index is 372. The Labute approximate surface area is 104 Å². The minimum Gasteiger partial charge on any atom is -0.490 e. The number of carbonyl (C=O) groups is 1. The van der Waals surface area contributed by atoms with Gasteiger partial charge in [0.2, 0.25) is 0 Å². The highest BCUT2D eigenvalue weighted by atomic mass is 19.3. The third-order valence-corrected chi connectivity index (χ3v) is 2.28. The Morgan fingerprint density at radius 2 is 2.11 bits per heavy atom. The van der Waals surface area contributed by atoms with Gasteiger partial charge in [0.25, 0.3) is 0 Å². The average Bonchev–Trinajstić information content (AvgIpc) is 2.26. The lowest BCUT2D eigenvalue weighted by Gasteiger charge is -2.20. The largest absolute Gasteiger partial charge is 0.490 e. The highest BCUT2D eigenvalue weighted by Crippen LogP contribution is 2.27. The molecule has 0 amide bonds. The predicted molar refractivity (Wildman–Crippen MR) is 59.9 cm³/mol. The van der Waals surface area contributed by atoms with Crippen LogP contribution in [0.5, 0.6) is 0 Å². The van der Waals surface area contributed by atoms with Gasteiger partial charge in [0.15, 0.2) is 5.76 Å². The molecular formula is C12H16F2O4. The lowest BCUT2D eigenvalue weighted by molar-refractivity contribution is -0.133. The van der Waals surface area contributed by atoms with Gasteiger partial charge < -0.3 is 14.6 Å². The summed E-state index contributed by atoms with van der Waals surface area (Å²) in [7, 11) is 0. The number of carboxylic acids is 1. The van der Waals surface area contributed by atoms with Gasteiger partial charge in [-0.3, -0.25) is 0 Å². The summed E-state index contributed by atoms with van der Waals surface area (Å²) in [5, 5.41) is 8.87. The van der Waals surface area contributed by atoms with Gasteiger partial charge in [0.05, 0.1) is 6.61 Å². The van der Waals surface area contributed by atoms with Crippen LogP contribution in [0.15, 0.2) is 23.2 Å². The predicted octanol–water partition coefficient (Wildman–Crippen LogP) is 2.91. The fraction of sp³-hybridized carbons (Fsp3) is 0.583. The fourth-order valence-electron chi connectivity index (χ4n) is 1.45. The molecule has 0 spiro atoms.